The van der Waals surface area contributed by atoms with E-state index in [0.717, 1.165) is 0 Å². The quantitative estimate of drug-likeness (QED) is 0.811. The predicted octanol–water partition coefficient (Wildman–Crippen LogP) is 4.01. The molecule has 0 aliphatic heterocycles. The summed E-state index contributed by atoms with van der Waals surface area (Å²) in [5.41, 5.74) is 1.18. The highest BCUT2D eigenvalue weighted by atomic mass is 19.4. The third kappa shape index (κ3) is 3.89. The third-order valence-electron chi connectivity index (χ3n) is 4.03. The molecule has 1 aromatic rings. The van der Waals surface area contributed by atoms with Crippen LogP contribution in [0, 0.1) is 18.8 Å². The number of phenolic OH excluding ortho intramolecular Hbond substituents is 1. The average Bonchev–Trinajstić information content (AvgIpc) is 2.42. The first-order chi connectivity index (χ1) is 9.77. The van der Waals surface area contributed by atoms with Crippen LogP contribution in [0.25, 0.3) is 0 Å². The van der Waals surface area contributed by atoms with Gasteiger partial charge in [0.25, 0.3) is 0 Å². The lowest BCUT2D eigenvalue weighted by Gasteiger charge is -2.29. The highest BCUT2D eigenvalue weighted by Crippen LogP contribution is 2.39. The molecule has 0 spiro atoms. The van der Waals surface area contributed by atoms with Crippen LogP contribution in [0.3, 0.4) is 0 Å². The minimum Gasteiger partial charge on any atom is -0.508 e. The van der Waals surface area contributed by atoms with E-state index in [-0.39, 0.29) is 43.3 Å². The van der Waals surface area contributed by atoms with Crippen molar-refractivity contribution in [1.29, 1.82) is 0 Å². The van der Waals surface area contributed by atoms with Gasteiger partial charge in [-0.25, -0.2) is 0 Å². The van der Waals surface area contributed by atoms with Crippen LogP contribution in [0.2, 0.25) is 0 Å². The molecule has 1 saturated carbocycles. The lowest BCUT2D eigenvalue weighted by molar-refractivity contribution is -0.184. The second kappa shape index (κ2) is 5.95. The molecule has 0 bridgehead atoms. The van der Waals surface area contributed by atoms with Crippen LogP contribution in [-0.2, 0) is 4.79 Å². The van der Waals surface area contributed by atoms with Crippen molar-refractivity contribution < 1.29 is 23.1 Å². The summed E-state index contributed by atoms with van der Waals surface area (Å²) in [5, 5.41) is 12.1. The number of phenols is 1. The van der Waals surface area contributed by atoms with Crippen molar-refractivity contribution in [2.45, 2.75) is 38.8 Å². The molecule has 1 amide bonds. The van der Waals surface area contributed by atoms with Gasteiger partial charge in [0, 0.05) is 11.6 Å². The minimum atomic E-state index is -4.16. The Morgan fingerprint density at radius 3 is 2.38 bits per heavy atom. The maximum atomic E-state index is 12.6. The van der Waals surface area contributed by atoms with Crippen molar-refractivity contribution in [3.05, 3.63) is 23.8 Å². The Balaban J connectivity index is 1.92. The lowest BCUT2D eigenvalue weighted by atomic mass is 9.81. The third-order valence-corrected chi connectivity index (χ3v) is 4.03. The van der Waals surface area contributed by atoms with Crippen LogP contribution in [0.1, 0.15) is 31.2 Å². The molecule has 3 nitrogen and oxygen atoms in total. The highest BCUT2D eigenvalue weighted by Gasteiger charge is 2.42. The molecule has 0 unspecified atom stereocenters. The van der Waals surface area contributed by atoms with Gasteiger partial charge in [-0.05, 0) is 56.4 Å². The SMILES string of the molecule is Cc1cc(NC(=O)C2CCC(C(F)(F)F)CC2)ccc1O. The van der Waals surface area contributed by atoms with Gasteiger partial charge in [0.1, 0.15) is 5.75 Å². The standard InChI is InChI=1S/C15H18F3NO2/c1-9-8-12(6-7-13(9)20)19-14(21)10-2-4-11(5-3-10)15(16,17)18/h6-8,10-11,20H,2-5H2,1H3,(H,19,21). The Kier molecular flexibility index (Phi) is 4.44. The Morgan fingerprint density at radius 2 is 1.86 bits per heavy atom. The first-order valence-corrected chi connectivity index (χ1v) is 6.94. The second-order valence-electron chi connectivity index (χ2n) is 5.58. The summed E-state index contributed by atoms with van der Waals surface area (Å²) in [6.07, 6.45) is -3.62. The van der Waals surface area contributed by atoms with E-state index >= 15 is 0 Å². The van der Waals surface area contributed by atoms with Gasteiger partial charge in [-0.2, -0.15) is 13.2 Å². The molecule has 0 saturated heterocycles. The number of aryl methyl sites for hydroxylation is 1. The number of amides is 1. The minimum absolute atomic E-state index is 0.0101. The van der Waals surface area contributed by atoms with Gasteiger partial charge in [-0.1, -0.05) is 0 Å². The van der Waals surface area contributed by atoms with Gasteiger partial charge in [-0.3, -0.25) is 4.79 Å². The number of benzene rings is 1. The van der Waals surface area contributed by atoms with Gasteiger partial charge in [0.15, 0.2) is 0 Å². The predicted molar refractivity (Wildman–Crippen MR) is 73.0 cm³/mol. The zero-order valence-electron chi connectivity index (χ0n) is 11.7. The number of carbonyl (C=O) groups is 1. The molecule has 0 atom stereocenters. The van der Waals surface area contributed by atoms with E-state index in [4.69, 9.17) is 0 Å². The van der Waals surface area contributed by atoms with E-state index in [9.17, 15) is 23.1 Å². The molecule has 1 fully saturated rings. The van der Waals surface area contributed by atoms with Gasteiger partial charge in [0.2, 0.25) is 5.91 Å². The van der Waals surface area contributed by atoms with E-state index in [1.54, 1.807) is 19.1 Å². The summed E-state index contributed by atoms with van der Waals surface area (Å²) in [4.78, 5) is 12.1. The maximum Gasteiger partial charge on any atom is 0.391 e. The van der Waals surface area contributed by atoms with Crippen molar-refractivity contribution in [2.75, 3.05) is 5.32 Å². The second-order valence-corrected chi connectivity index (χ2v) is 5.58. The molecule has 0 aromatic heterocycles. The van der Waals surface area contributed by atoms with Gasteiger partial charge in [-0.15, -0.1) is 0 Å². The van der Waals surface area contributed by atoms with E-state index < -0.39 is 12.1 Å². The van der Waals surface area contributed by atoms with Crippen LogP contribution in [0.15, 0.2) is 18.2 Å². The molecule has 2 N–H and O–H groups in total. The molecule has 6 heteroatoms. The monoisotopic (exact) mass is 301 g/mol. The first-order valence-electron chi connectivity index (χ1n) is 6.94. The molecular weight excluding hydrogens is 283 g/mol. The van der Waals surface area contributed by atoms with E-state index in [1.807, 2.05) is 0 Å². The molecule has 21 heavy (non-hydrogen) atoms. The van der Waals surface area contributed by atoms with E-state index in [0.29, 0.717) is 11.3 Å². The molecule has 2 rings (SSSR count). The number of nitrogens with one attached hydrogen (secondary N) is 1. The number of hydrogen-bond acceptors (Lipinski definition) is 2. The van der Waals surface area contributed by atoms with Crippen LogP contribution < -0.4 is 5.32 Å². The number of carbonyl (C=O) groups excluding carboxylic acids is 1. The number of halogens is 3. The maximum absolute atomic E-state index is 12.6. The van der Waals surface area contributed by atoms with Crippen molar-refractivity contribution in [1.82, 2.24) is 0 Å². The fourth-order valence-electron chi connectivity index (χ4n) is 2.66. The molecule has 0 heterocycles. The summed E-state index contributed by atoms with van der Waals surface area (Å²) in [6.45, 7) is 1.71. The van der Waals surface area contributed by atoms with E-state index in [1.165, 1.54) is 6.07 Å². The van der Waals surface area contributed by atoms with Crippen LogP contribution in [0.5, 0.6) is 5.75 Å². The van der Waals surface area contributed by atoms with Crippen LogP contribution in [0.4, 0.5) is 18.9 Å². The normalized spacial score (nSPS) is 22.9. The van der Waals surface area contributed by atoms with Crippen LogP contribution >= 0.6 is 0 Å². The van der Waals surface area contributed by atoms with Gasteiger partial charge < -0.3 is 10.4 Å². The lowest BCUT2D eigenvalue weighted by Crippen LogP contribution is -2.32. The van der Waals surface area contributed by atoms with Crippen molar-refractivity contribution in [3.63, 3.8) is 0 Å². The number of aromatic hydroxyl groups is 1. The highest BCUT2D eigenvalue weighted by molar-refractivity contribution is 5.92. The molecule has 1 aliphatic carbocycles. The van der Waals surface area contributed by atoms with Crippen molar-refractivity contribution >= 4 is 11.6 Å². The van der Waals surface area contributed by atoms with Crippen LogP contribution in [-0.4, -0.2) is 17.2 Å². The zero-order chi connectivity index (χ0) is 15.6. The summed E-state index contributed by atoms with van der Waals surface area (Å²) >= 11 is 0. The number of rotatable bonds is 2. The van der Waals surface area contributed by atoms with E-state index in [2.05, 4.69) is 5.32 Å². The number of anilines is 1. The fraction of sp³-hybridized carbons (Fsp3) is 0.533. The molecule has 116 valence electrons. The first kappa shape index (κ1) is 15.7. The topological polar surface area (TPSA) is 49.3 Å². The van der Waals surface area contributed by atoms with Gasteiger partial charge >= 0.3 is 6.18 Å². The molecule has 0 radical (unpaired) electrons. The molecule has 1 aliphatic rings. The summed E-state index contributed by atoms with van der Waals surface area (Å²) < 4.78 is 37.7. The summed E-state index contributed by atoms with van der Waals surface area (Å²) in [5.74, 6) is -1.77. The molecule has 1 aromatic carbocycles. The Hall–Kier alpha value is -1.72. The number of alkyl halides is 3. The Bertz CT molecular complexity index is 520. The average molecular weight is 301 g/mol. The fourth-order valence-corrected chi connectivity index (χ4v) is 2.66. The summed E-state index contributed by atoms with van der Waals surface area (Å²) in [6, 6.07) is 4.68. The molecular formula is C15H18F3NO2. The Morgan fingerprint density at radius 1 is 1.24 bits per heavy atom. The largest absolute Gasteiger partial charge is 0.508 e. The van der Waals surface area contributed by atoms with Gasteiger partial charge in [0.05, 0.1) is 5.92 Å². The summed E-state index contributed by atoms with van der Waals surface area (Å²) in [7, 11) is 0. The Labute approximate surface area is 121 Å². The smallest absolute Gasteiger partial charge is 0.391 e. The zero-order valence-corrected chi connectivity index (χ0v) is 11.7. The van der Waals surface area contributed by atoms with Crippen molar-refractivity contribution in [3.8, 4) is 5.75 Å². The van der Waals surface area contributed by atoms with Crippen molar-refractivity contribution in [2.24, 2.45) is 11.8 Å². The number of hydrogen-bond donors (Lipinski definition) is 2.